The number of aliphatic hydroxyl groups is 2. The van der Waals surface area contributed by atoms with Gasteiger partial charge in [0.2, 0.25) is 23.7 Å². The van der Waals surface area contributed by atoms with E-state index in [0.717, 1.165) is 110 Å². The van der Waals surface area contributed by atoms with Gasteiger partial charge in [-0.15, -0.1) is 0 Å². The molecule has 0 radical (unpaired) electrons. The summed E-state index contributed by atoms with van der Waals surface area (Å²) in [5, 5.41) is 32.9. The van der Waals surface area contributed by atoms with Gasteiger partial charge in [0.05, 0.1) is 56.1 Å². The summed E-state index contributed by atoms with van der Waals surface area (Å²) in [6, 6.07) is 7.93. The molecular formula is C44H52N14O4. The van der Waals surface area contributed by atoms with Crippen molar-refractivity contribution >= 4 is 56.7 Å². The van der Waals surface area contributed by atoms with Gasteiger partial charge in [0.25, 0.3) is 0 Å². The SMILES string of the molecule is COc1nc2c(cc1Nc1ncc3ccnc(N4CCC[C@H]4CO)c3n1)CN(Cc1nc(Nc3cc4c(nc3OC)CCN(C)C4)nc3c(NC4CCC[C@H]4O)nccc13)CC2. The second-order valence-corrected chi connectivity index (χ2v) is 16.7. The molecule has 6 aromatic rings. The number of likely N-dealkylation sites (N-methyl/N-ethyl adjacent to an activating group) is 1. The van der Waals surface area contributed by atoms with E-state index in [4.69, 9.17) is 39.4 Å². The van der Waals surface area contributed by atoms with Crippen molar-refractivity contribution in [1.29, 1.82) is 0 Å². The molecule has 10 rings (SSSR count). The zero-order valence-corrected chi connectivity index (χ0v) is 35.3. The fraction of sp³-hybridized carbons (Fsp3) is 0.455. The second kappa shape index (κ2) is 17.0. The summed E-state index contributed by atoms with van der Waals surface area (Å²) in [5.41, 5.74) is 7.77. The van der Waals surface area contributed by atoms with Crippen LogP contribution in [0.2, 0.25) is 0 Å². The molecule has 0 bridgehead atoms. The maximum absolute atomic E-state index is 10.7. The van der Waals surface area contributed by atoms with Crippen molar-refractivity contribution in [2.24, 2.45) is 0 Å². The van der Waals surface area contributed by atoms with Gasteiger partial charge in [0.15, 0.2) is 11.6 Å². The first-order valence-electron chi connectivity index (χ1n) is 21.5. The summed E-state index contributed by atoms with van der Waals surface area (Å²) in [4.78, 5) is 45.8. The van der Waals surface area contributed by atoms with Crippen molar-refractivity contribution in [1.82, 2.24) is 49.7 Å². The minimum Gasteiger partial charge on any atom is -0.480 e. The number of aliphatic hydroxyl groups excluding tert-OH is 2. The van der Waals surface area contributed by atoms with Crippen molar-refractivity contribution in [3.63, 3.8) is 0 Å². The van der Waals surface area contributed by atoms with Gasteiger partial charge in [-0.2, -0.15) is 0 Å². The zero-order chi connectivity index (χ0) is 42.3. The highest BCUT2D eigenvalue weighted by Gasteiger charge is 2.29. The summed E-state index contributed by atoms with van der Waals surface area (Å²) in [6.45, 7) is 4.49. The van der Waals surface area contributed by atoms with E-state index >= 15 is 0 Å². The molecule has 4 aliphatic rings. The Labute approximate surface area is 359 Å². The number of fused-ring (bicyclic) bond motifs is 4. The van der Waals surface area contributed by atoms with Crippen LogP contribution in [0, 0.1) is 0 Å². The lowest BCUT2D eigenvalue weighted by Crippen LogP contribution is -2.33. The lowest BCUT2D eigenvalue weighted by molar-refractivity contribution is 0.171. The largest absolute Gasteiger partial charge is 0.480 e. The molecule has 0 spiro atoms. The number of nitrogens with zero attached hydrogens (tertiary/aromatic N) is 11. The number of anilines is 6. The average Bonchev–Trinajstić information content (AvgIpc) is 3.94. The number of aromatic nitrogens is 8. The molecule has 1 saturated carbocycles. The average molecular weight is 841 g/mol. The van der Waals surface area contributed by atoms with Gasteiger partial charge in [-0.1, -0.05) is 0 Å². The Morgan fingerprint density at radius 3 is 2.27 bits per heavy atom. The van der Waals surface area contributed by atoms with Crippen LogP contribution in [0.15, 0.2) is 42.9 Å². The van der Waals surface area contributed by atoms with Gasteiger partial charge in [-0.3, -0.25) is 4.90 Å². The van der Waals surface area contributed by atoms with Gasteiger partial charge in [-0.25, -0.2) is 39.9 Å². The quantitative estimate of drug-likeness (QED) is 0.115. The predicted octanol–water partition coefficient (Wildman–Crippen LogP) is 4.49. The number of hydrogen-bond acceptors (Lipinski definition) is 18. The fourth-order valence-corrected chi connectivity index (χ4v) is 9.38. The molecule has 6 aromatic heterocycles. The Bertz CT molecular complexity index is 2630. The van der Waals surface area contributed by atoms with Gasteiger partial charge in [0.1, 0.15) is 22.4 Å². The molecule has 0 aromatic carbocycles. The third-order valence-corrected chi connectivity index (χ3v) is 12.6. The number of methoxy groups -OCH3 is 2. The van der Waals surface area contributed by atoms with Crippen LogP contribution < -0.4 is 30.3 Å². The molecule has 0 amide bonds. The van der Waals surface area contributed by atoms with E-state index in [-0.39, 0.29) is 18.7 Å². The van der Waals surface area contributed by atoms with E-state index in [2.05, 4.69) is 59.8 Å². The highest BCUT2D eigenvalue weighted by atomic mass is 16.5. The van der Waals surface area contributed by atoms with Crippen LogP contribution in [0.1, 0.15) is 60.3 Å². The molecule has 18 heteroatoms. The number of pyridine rings is 4. The zero-order valence-electron chi connectivity index (χ0n) is 35.3. The first-order valence-corrected chi connectivity index (χ1v) is 21.5. The monoisotopic (exact) mass is 840 g/mol. The Hall–Kier alpha value is -6.08. The maximum atomic E-state index is 10.7. The normalized spacial score (nSPS) is 20.3. The molecule has 9 heterocycles. The van der Waals surface area contributed by atoms with Crippen LogP contribution in [0.4, 0.5) is 34.9 Å². The van der Waals surface area contributed by atoms with Gasteiger partial charge >= 0.3 is 0 Å². The number of ether oxygens (including phenoxy) is 2. The van der Waals surface area contributed by atoms with Crippen LogP contribution in [-0.4, -0.2) is 126 Å². The summed E-state index contributed by atoms with van der Waals surface area (Å²) < 4.78 is 11.6. The van der Waals surface area contributed by atoms with Crippen LogP contribution in [0.25, 0.3) is 21.8 Å². The minimum absolute atomic E-state index is 0.00861. The van der Waals surface area contributed by atoms with Crippen molar-refractivity contribution in [3.8, 4) is 11.8 Å². The Balaban J connectivity index is 0.958. The van der Waals surface area contributed by atoms with Gasteiger partial charge in [-0.05, 0) is 74.5 Å². The first-order chi connectivity index (χ1) is 30.3. The van der Waals surface area contributed by atoms with Crippen molar-refractivity contribution in [2.45, 2.75) is 82.8 Å². The number of rotatable bonds is 12. The topological polar surface area (TPSA) is 208 Å². The van der Waals surface area contributed by atoms with Crippen molar-refractivity contribution < 1.29 is 19.7 Å². The molecule has 1 aliphatic carbocycles. The van der Waals surface area contributed by atoms with E-state index in [1.165, 1.54) is 0 Å². The number of hydrogen-bond donors (Lipinski definition) is 5. The Morgan fingerprint density at radius 1 is 0.774 bits per heavy atom. The molecular weight excluding hydrogens is 789 g/mol. The lowest BCUT2D eigenvalue weighted by Gasteiger charge is -2.29. The predicted molar refractivity (Wildman–Crippen MR) is 235 cm³/mol. The number of nitrogens with one attached hydrogen (secondary N) is 3. The fourth-order valence-electron chi connectivity index (χ4n) is 9.38. The van der Waals surface area contributed by atoms with Gasteiger partial charge < -0.3 is 45.4 Å². The molecule has 18 nitrogen and oxygen atoms in total. The van der Waals surface area contributed by atoms with Crippen molar-refractivity contribution in [3.05, 3.63) is 71.1 Å². The molecule has 62 heavy (non-hydrogen) atoms. The van der Waals surface area contributed by atoms with Crippen LogP contribution in [-0.2, 0) is 32.5 Å². The summed E-state index contributed by atoms with van der Waals surface area (Å²) in [7, 11) is 5.36. The molecule has 3 aliphatic heterocycles. The van der Waals surface area contributed by atoms with E-state index in [0.29, 0.717) is 71.4 Å². The van der Waals surface area contributed by atoms with E-state index in [1.807, 2.05) is 12.1 Å². The van der Waals surface area contributed by atoms with Crippen LogP contribution >= 0.6 is 0 Å². The third kappa shape index (κ3) is 7.82. The van der Waals surface area contributed by atoms with Crippen molar-refractivity contribution in [2.75, 3.05) is 68.4 Å². The lowest BCUT2D eigenvalue weighted by atomic mass is 10.0. The molecule has 5 N–H and O–H groups in total. The van der Waals surface area contributed by atoms with E-state index in [9.17, 15) is 10.2 Å². The van der Waals surface area contributed by atoms with E-state index < -0.39 is 6.10 Å². The molecule has 3 atom stereocenters. The second-order valence-electron chi connectivity index (χ2n) is 16.7. The molecule has 2 fully saturated rings. The molecule has 322 valence electrons. The molecule has 1 unspecified atom stereocenters. The van der Waals surface area contributed by atoms with E-state index in [1.54, 1.807) is 32.8 Å². The summed E-state index contributed by atoms with van der Waals surface area (Å²) in [6.07, 6.45) is 10.9. The third-order valence-electron chi connectivity index (χ3n) is 12.6. The van der Waals surface area contributed by atoms with Crippen LogP contribution in [0.3, 0.4) is 0 Å². The summed E-state index contributed by atoms with van der Waals surface area (Å²) >= 11 is 0. The Morgan fingerprint density at radius 2 is 1.52 bits per heavy atom. The highest BCUT2D eigenvalue weighted by Crippen LogP contribution is 2.36. The molecule has 1 saturated heterocycles. The van der Waals surface area contributed by atoms with Crippen LogP contribution in [0.5, 0.6) is 11.8 Å². The summed E-state index contributed by atoms with van der Waals surface area (Å²) in [5.74, 6) is 3.11. The minimum atomic E-state index is -0.452. The van der Waals surface area contributed by atoms with Gasteiger partial charge in [0, 0.05) is 81.5 Å². The Kier molecular flexibility index (Phi) is 11.0. The smallest absolute Gasteiger partial charge is 0.237 e. The standard InChI is InChI=1S/C44H52N14O4/c1-56-16-11-30-26(21-56)18-34(42(49-30)62-3)52-44-53-35(29-10-14-45-39(38(29)55-44)48-32-7-4-8-36(32)60)23-57-17-12-31-27(22-57)19-33(41(50-31)61-2)51-43-47-20-25-9-13-46-40(37(25)54-43)58-15-5-6-28(58)24-59/h9-10,13-14,18-20,28,32,36,59-60H,4-8,11-12,15-17,21-24H2,1-3H3,(H,45,48)(H,47,51,54)(H,52,53,55)/t28-,32?,36+/m0/s1. The maximum Gasteiger partial charge on any atom is 0.237 e. The highest BCUT2D eigenvalue weighted by molar-refractivity contribution is 5.91. The first kappa shape index (κ1) is 40.0.